The maximum atomic E-state index is 2.63. The molecule has 1 aromatic rings. The minimum absolute atomic E-state index is 0.712. The zero-order chi connectivity index (χ0) is 11.1. The van der Waals surface area contributed by atoms with E-state index < -0.39 is 0 Å². The van der Waals surface area contributed by atoms with Crippen LogP contribution in [0.1, 0.15) is 17.5 Å². The molecule has 0 amide bonds. The maximum Gasteiger partial charge on any atom is 0.0458 e. The van der Waals surface area contributed by atoms with Crippen molar-refractivity contribution in [2.75, 3.05) is 31.6 Å². The number of nitrogens with zero attached hydrogens (tertiary/aromatic N) is 2. The van der Waals surface area contributed by atoms with Crippen LogP contribution in [0.3, 0.4) is 0 Å². The Morgan fingerprint density at radius 3 is 3.00 bits per heavy atom. The Morgan fingerprint density at radius 1 is 1.25 bits per heavy atom. The van der Waals surface area contributed by atoms with Gasteiger partial charge < -0.3 is 9.80 Å². The summed E-state index contributed by atoms with van der Waals surface area (Å²) < 4.78 is 0. The molecule has 3 rings (SSSR count). The van der Waals surface area contributed by atoms with Crippen LogP contribution >= 0.6 is 0 Å². The van der Waals surface area contributed by atoms with Crippen molar-refractivity contribution in [3.63, 3.8) is 0 Å². The van der Waals surface area contributed by atoms with Crippen LogP contribution in [-0.4, -0.2) is 37.6 Å². The normalized spacial score (nSPS) is 25.1. The molecule has 0 aromatic heterocycles. The fourth-order valence-corrected chi connectivity index (χ4v) is 3.19. The molecule has 2 nitrogen and oxygen atoms in total. The molecule has 0 spiro atoms. The molecule has 16 heavy (non-hydrogen) atoms. The Labute approximate surface area is 97.9 Å². The quantitative estimate of drug-likeness (QED) is 0.655. The van der Waals surface area contributed by atoms with Crippen molar-refractivity contribution in [2.45, 2.75) is 25.8 Å². The number of rotatable bonds is 0. The van der Waals surface area contributed by atoms with E-state index in [2.05, 4.69) is 42.0 Å². The predicted octanol–water partition coefficient (Wildman–Crippen LogP) is 2.06. The summed E-state index contributed by atoms with van der Waals surface area (Å²) in [6, 6.07) is 7.46. The average molecular weight is 216 g/mol. The Morgan fingerprint density at radius 2 is 2.12 bits per heavy atom. The van der Waals surface area contributed by atoms with Crippen molar-refractivity contribution in [3.8, 4) is 0 Å². The van der Waals surface area contributed by atoms with Gasteiger partial charge in [0.2, 0.25) is 0 Å². The van der Waals surface area contributed by atoms with E-state index in [9.17, 15) is 0 Å². The second-order valence-corrected chi connectivity index (χ2v) is 5.24. The summed E-state index contributed by atoms with van der Waals surface area (Å²) in [5, 5.41) is 0. The van der Waals surface area contributed by atoms with E-state index in [0.29, 0.717) is 6.04 Å². The van der Waals surface area contributed by atoms with E-state index in [1.54, 1.807) is 5.56 Å². The highest BCUT2D eigenvalue weighted by atomic mass is 15.2. The second-order valence-electron chi connectivity index (χ2n) is 5.24. The molecule has 2 heteroatoms. The molecule has 0 bridgehead atoms. The Balaban J connectivity index is 1.97. The van der Waals surface area contributed by atoms with Crippen LogP contribution in [-0.2, 0) is 6.42 Å². The Kier molecular flexibility index (Phi) is 2.40. The molecular formula is C14H20N2. The average Bonchev–Trinajstić information content (AvgIpc) is 2.49. The zero-order valence-corrected chi connectivity index (χ0v) is 10.2. The van der Waals surface area contributed by atoms with Crippen molar-refractivity contribution in [1.29, 1.82) is 0 Å². The van der Waals surface area contributed by atoms with Crippen LogP contribution in [0.5, 0.6) is 0 Å². The molecule has 1 unspecified atom stereocenters. The smallest absolute Gasteiger partial charge is 0.0458 e. The molecule has 0 N–H and O–H groups in total. The van der Waals surface area contributed by atoms with Gasteiger partial charge in [0.25, 0.3) is 0 Å². The van der Waals surface area contributed by atoms with E-state index in [4.69, 9.17) is 0 Å². The molecule has 0 aliphatic carbocycles. The monoisotopic (exact) mass is 216 g/mol. The van der Waals surface area contributed by atoms with Crippen molar-refractivity contribution >= 4 is 5.69 Å². The molecule has 1 atom stereocenters. The lowest BCUT2D eigenvalue weighted by Gasteiger charge is -2.25. The van der Waals surface area contributed by atoms with Gasteiger partial charge in [0, 0.05) is 24.8 Å². The van der Waals surface area contributed by atoms with E-state index in [1.165, 1.54) is 43.7 Å². The summed E-state index contributed by atoms with van der Waals surface area (Å²) in [5.41, 5.74) is 4.55. The van der Waals surface area contributed by atoms with Gasteiger partial charge in [-0.2, -0.15) is 0 Å². The van der Waals surface area contributed by atoms with Gasteiger partial charge in [0.1, 0.15) is 0 Å². The lowest BCUT2D eigenvalue weighted by atomic mass is 10.0. The fourth-order valence-electron chi connectivity index (χ4n) is 3.19. The highest BCUT2D eigenvalue weighted by molar-refractivity contribution is 5.62. The Hall–Kier alpha value is -1.02. The van der Waals surface area contributed by atoms with Gasteiger partial charge in [0.15, 0.2) is 0 Å². The second kappa shape index (κ2) is 3.77. The first-order chi connectivity index (χ1) is 7.75. The molecule has 86 valence electrons. The maximum absolute atomic E-state index is 2.63. The lowest BCUT2D eigenvalue weighted by molar-refractivity contribution is 0.333. The van der Waals surface area contributed by atoms with Gasteiger partial charge in [-0.3, -0.25) is 0 Å². The van der Waals surface area contributed by atoms with Crippen LogP contribution in [0.15, 0.2) is 18.2 Å². The minimum atomic E-state index is 0.712. The van der Waals surface area contributed by atoms with Crippen molar-refractivity contribution < 1.29 is 0 Å². The molecule has 0 radical (unpaired) electrons. The highest BCUT2D eigenvalue weighted by Crippen LogP contribution is 2.35. The zero-order valence-electron chi connectivity index (χ0n) is 10.2. The molecule has 0 saturated carbocycles. The summed E-state index contributed by atoms with van der Waals surface area (Å²) in [7, 11) is 2.25. The third kappa shape index (κ3) is 1.52. The Bertz CT molecular complexity index is 400. The third-order valence-electron chi connectivity index (χ3n) is 4.04. The van der Waals surface area contributed by atoms with Crippen LogP contribution < -0.4 is 4.90 Å². The van der Waals surface area contributed by atoms with Crippen molar-refractivity contribution in [1.82, 2.24) is 4.90 Å². The third-order valence-corrected chi connectivity index (χ3v) is 4.04. The first kappa shape index (κ1) is 10.2. The SMILES string of the molecule is Cc1cccc2c1CC1CN(C)CCCN21. The standard InChI is InChI=1S/C14H20N2/c1-11-5-3-6-14-13(11)9-12-10-15(2)7-4-8-16(12)14/h3,5-6,12H,4,7-10H2,1-2H3. The molecule has 1 saturated heterocycles. The van der Waals surface area contributed by atoms with Crippen LogP contribution in [0.25, 0.3) is 0 Å². The first-order valence-corrected chi connectivity index (χ1v) is 6.29. The summed E-state index contributed by atoms with van der Waals surface area (Å²) >= 11 is 0. The number of hydrogen-bond donors (Lipinski definition) is 0. The summed E-state index contributed by atoms with van der Waals surface area (Å²) in [6.45, 7) is 5.93. The van der Waals surface area contributed by atoms with Crippen LogP contribution in [0, 0.1) is 6.92 Å². The van der Waals surface area contributed by atoms with Crippen LogP contribution in [0.2, 0.25) is 0 Å². The minimum Gasteiger partial charge on any atom is -0.367 e. The topological polar surface area (TPSA) is 6.48 Å². The first-order valence-electron chi connectivity index (χ1n) is 6.29. The van der Waals surface area contributed by atoms with E-state index in [-0.39, 0.29) is 0 Å². The molecule has 2 aliphatic heterocycles. The summed E-state index contributed by atoms with van der Waals surface area (Å²) in [5.74, 6) is 0. The number of aryl methyl sites for hydroxylation is 1. The van der Waals surface area contributed by atoms with Gasteiger partial charge in [0.05, 0.1) is 0 Å². The number of hydrogen-bond acceptors (Lipinski definition) is 2. The molecular weight excluding hydrogens is 196 g/mol. The predicted molar refractivity (Wildman–Crippen MR) is 68.1 cm³/mol. The van der Waals surface area contributed by atoms with Crippen LogP contribution in [0.4, 0.5) is 5.69 Å². The molecule has 1 aromatic carbocycles. The summed E-state index contributed by atoms with van der Waals surface area (Å²) in [6.07, 6.45) is 2.53. The van der Waals surface area contributed by atoms with Crippen molar-refractivity contribution in [3.05, 3.63) is 29.3 Å². The van der Waals surface area contributed by atoms with Gasteiger partial charge in [-0.25, -0.2) is 0 Å². The van der Waals surface area contributed by atoms with E-state index in [0.717, 1.165) is 0 Å². The van der Waals surface area contributed by atoms with Gasteiger partial charge in [-0.1, -0.05) is 12.1 Å². The molecule has 2 aliphatic rings. The summed E-state index contributed by atoms with van der Waals surface area (Å²) in [4.78, 5) is 5.11. The lowest BCUT2D eigenvalue weighted by Crippen LogP contribution is -2.37. The number of likely N-dealkylation sites (N-methyl/N-ethyl adjacent to an activating group) is 1. The number of benzene rings is 1. The number of fused-ring (bicyclic) bond motifs is 3. The fraction of sp³-hybridized carbons (Fsp3) is 0.571. The highest BCUT2D eigenvalue weighted by Gasteiger charge is 2.31. The van der Waals surface area contributed by atoms with Gasteiger partial charge in [-0.05, 0) is 50.6 Å². The molecule has 1 fully saturated rings. The number of anilines is 1. The molecule has 2 heterocycles. The van der Waals surface area contributed by atoms with Gasteiger partial charge >= 0.3 is 0 Å². The largest absolute Gasteiger partial charge is 0.367 e. The van der Waals surface area contributed by atoms with E-state index in [1.807, 2.05) is 0 Å². The van der Waals surface area contributed by atoms with Crippen molar-refractivity contribution in [2.24, 2.45) is 0 Å². The van der Waals surface area contributed by atoms with E-state index >= 15 is 0 Å². The van der Waals surface area contributed by atoms with Gasteiger partial charge in [-0.15, -0.1) is 0 Å².